The van der Waals surface area contributed by atoms with Crippen molar-refractivity contribution in [1.29, 1.82) is 0 Å². The molecule has 6 heteroatoms. The number of anilines is 2. The van der Waals surface area contributed by atoms with Crippen molar-refractivity contribution in [3.63, 3.8) is 0 Å². The number of nitrogens with one attached hydrogen (secondary N) is 2. The smallest absolute Gasteiger partial charge is 0.255 e. The second kappa shape index (κ2) is 7.15. The standard InChI is InChI=1S/C19H20ClN3O2/c1-12-4-3-5-15(13(12)2)19(25)22-14-6-7-17(16(20)10-14)23-9-8-21-18(24)11-23/h3-7,10H,8-9,11H2,1-2H3,(H,21,24)(H,22,25). The predicted molar refractivity (Wildman–Crippen MR) is 101 cm³/mol. The summed E-state index contributed by atoms with van der Waals surface area (Å²) < 4.78 is 0. The monoisotopic (exact) mass is 357 g/mol. The van der Waals surface area contributed by atoms with Gasteiger partial charge in [0.1, 0.15) is 0 Å². The highest BCUT2D eigenvalue weighted by Crippen LogP contribution is 2.29. The van der Waals surface area contributed by atoms with E-state index >= 15 is 0 Å². The summed E-state index contributed by atoms with van der Waals surface area (Å²) in [6.07, 6.45) is 0. The molecule has 0 unspecified atom stereocenters. The maximum atomic E-state index is 12.5. The van der Waals surface area contributed by atoms with E-state index in [1.807, 2.05) is 36.9 Å². The molecule has 0 spiro atoms. The summed E-state index contributed by atoms with van der Waals surface area (Å²) in [5.41, 5.74) is 4.10. The molecule has 1 fully saturated rings. The molecule has 2 N–H and O–H groups in total. The average Bonchev–Trinajstić information content (AvgIpc) is 2.57. The largest absolute Gasteiger partial charge is 0.359 e. The lowest BCUT2D eigenvalue weighted by Gasteiger charge is -2.29. The first-order valence-electron chi connectivity index (χ1n) is 8.14. The van der Waals surface area contributed by atoms with Gasteiger partial charge in [0.2, 0.25) is 5.91 Å². The van der Waals surface area contributed by atoms with Crippen LogP contribution in [0.4, 0.5) is 11.4 Å². The highest BCUT2D eigenvalue weighted by Gasteiger charge is 2.19. The Balaban J connectivity index is 1.78. The summed E-state index contributed by atoms with van der Waals surface area (Å²) >= 11 is 6.37. The lowest BCUT2D eigenvalue weighted by Crippen LogP contribution is -2.47. The summed E-state index contributed by atoms with van der Waals surface area (Å²) in [6, 6.07) is 11.0. The average molecular weight is 358 g/mol. The Morgan fingerprint density at radius 2 is 2.04 bits per heavy atom. The minimum Gasteiger partial charge on any atom is -0.359 e. The number of rotatable bonds is 3. The van der Waals surface area contributed by atoms with Gasteiger partial charge in [-0.05, 0) is 49.2 Å². The van der Waals surface area contributed by atoms with Crippen LogP contribution in [0.2, 0.25) is 5.02 Å². The minimum absolute atomic E-state index is 0.0189. The lowest BCUT2D eigenvalue weighted by molar-refractivity contribution is -0.120. The van der Waals surface area contributed by atoms with Gasteiger partial charge in [-0.2, -0.15) is 0 Å². The SMILES string of the molecule is Cc1cccc(C(=O)Nc2ccc(N3CCNC(=O)C3)c(Cl)c2)c1C. The van der Waals surface area contributed by atoms with E-state index in [1.54, 1.807) is 18.2 Å². The molecule has 130 valence electrons. The fourth-order valence-corrected chi connectivity index (χ4v) is 3.18. The van der Waals surface area contributed by atoms with Gasteiger partial charge >= 0.3 is 0 Å². The van der Waals surface area contributed by atoms with Crippen LogP contribution in [0.5, 0.6) is 0 Å². The second-order valence-corrected chi connectivity index (χ2v) is 6.55. The Bertz CT molecular complexity index is 835. The zero-order chi connectivity index (χ0) is 18.0. The molecule has 2 amide bonds. The molecule has 1 aliphatic rings. The van der Waals surface area contributed by atoms with Crippen molar-refractivity contribution in [2.24, 2.45) is 0 Å². The molecule has 0 radical (unpaired) electrons. The molecule has 0 atom stereocenters. The molecule has 0 saturated carbocycles. The van der Waals surface area contributed by atoms with Crippen LogP contribution in [0, 0.1) is 13.8 Å². The number of benzene rings is 2. The van der Waals surface area contributed by atoms with Crippen molar-refractivity contribution < 1.29 is 9.59 Å². The fraction of sp³-hybridized carbons (Fsp3) is 0.263. The van der Waals surface area contributed by atoms with E-state index in [2.05, 4.69) is 10.6 Å². The summed E-state index contributed by atoms with van der Waals surface area (Å²) in [4.78, 5) is 26.0. The second-order valence-electron chi connectivity index (χ2n) is 6.14. The van der Waals surface area contributed by atoms with Crippen LogP contribution >= 0.6 is 11.6 Å². The summed E-state index contributed by atoms with van der Waals surface area (Å²) in [5.74, 6) is -0.183. The van der Waals surface area contributed by atoms with Gasteiger partial charge in [-0.1, -0.05) is 23.7 Å². The number of nitrogens with zero attached hydrogens (tertiary/aromatic N) is 1. The molecule has 25 heavy (non-hydrogen) atoms. The molecule has 2 aromatic rings. The molecule has 1 heterocycles. The minimum atomic E-state index is -0.164. The Labute approximate surface area is 152 Å². The molecule has 0 aliphatic carbocycles. The van der Waals surface area contributed by atoms with Crippen molar-refractivity contribution in [1.82, 2.24) is 5.32 Å². The predicted octanol–water partition coefficient (Wildman–Crippen LogP) is 3.15. The maximum absolute atomic E-state index is 12.5. The fourth-order valence-electron chi connectivity index (χ4n) is 2.88. The van der Waals surface area contributed by atoms with Gasteiger partial charge in [-0.3, -0.25) is 9.59 Å². The van der Waals surface area contributed by atoms with Gasteiger partial charge in [0.15, 0.2) is 0 Å². The number of hydrogen-bond donors (Lipinski definition) is 2. The number of piperazine rings is 1. The number of carbonyl (C=O) groups excluding carboxylic acids is 2. The number of halogens is 1. The van der Waals surface area contributed by atoms with E-state index in [-0.39, 0.29) is 18.4 Å². The normalized spacial score (nSPS) is 14.2. The molecular formula is C19H20ClN3O2. The van der Waals surface area contributed by atoms with Crippen molar-refractivity contribution in [2.75, 3.05) is 29.9 Å². The van der Waals surface area contributed by atoms with Crippen LogP contribution in [-0.2, 0) is 4.79 Å². The first-order valence-corrected chi connectivity index (χ1v) is 8.52. The Morgan fingerprint density at radius 1 is 1.24 bits per heavy atom. The number of amides is 2. The van der Waals surface area contributed by atoms with E-state index in [9.17, 15) is 9.59 Å². The quantitative estimate of drug-likeness (QED) is 0.887. The van der Waals surface area contributed by atoms with Gasteiger partial charge in [-0.25, -0.2) is 0 Å². The molecule has 0 bridgehead atoms. The zero-order valence-electron chi connectivity index (χ0n) is 14.2. The van der Waals surface area contributed by atoms with Crippen molar-refractivity contribution >= 4 is 34.8 Å². The van der Waals surface area contributed by atoms with E-state index in [1.165, 1.54) is 0 Å². The highest BCUT2D eigenvalue weighted by atomic mass is 35.5. The van der Waals surface area contributed by atoms with E-state index < -0.39 is 0 Å². The topological polar surface area (TPSA) is 61.4 Å². The van der Waals surface area contributed by atoms with Crippen molar-refractivity contribution in [2.45, 2.75) is 13.8 Å². The zero-order valence-corrected chi connectivity index (χ0v) is 15.0. The Morgan fingerprint density at radius 3 is 2.76 bits per heavy atom. The molecular weight excluding hydrogens is 338 g/mol. The van der Waals surface area contributed by atoms with E-state index in [4.69, 9.17) is 11.6 Å². The van der Waals surface area contributed by atoms with E-state index in [0.29, 0.717) is 29.4 Å². The first kappa shape index (κ1) is 17.3. The first-order chi connectivity index (χ1) is 12.0. The van der Waals surface area contributed by atoms with Crippen molar-refractivity contribution in [3.05, 3.63) is 58.1 Å². The summed E-state index contributed by atoms with van der Waals surface area (Å²) in [5, 5.41) is 6.18. The number of carbonyl (C=O) groups is 2. The Hall–Kier alpha value is -2.53. The molecule has 5 nitrogen and oxygen atoms in total. The molecule has 3 rings (SSSR count). The highest BCUT2D eigenvalue weighted by molar-refractivity contribution is 6.33. The third kappa shape index (κ3) is 3.77. The van der Waals surface area contributed by atoms with Gasteiger partial charge in [0.05, 0.1) is 17.3 Å². The molecule has 1 aliphatic heterocycles. The van der Waals surface area contributed by atoms with E-state index in [0.717, 1.165) is 16.8 Å². The van der Waals surface area contributed by atoms with Crippen LogP contribution < -0.4 is 15.5 Å². The van der Waals surface area contributed by atoms with Gasteiger partial charge in [0, 0.05) is 24.3 Å². The van der Waals surface area contributed by atoms with Crippen LogP contribution in [0.25, 0.3) is 0 Å². The summed E-state index contributed by atoms with van der Waals surface area (Å²) in [6.45, 7) is 5.50. The van der Waals surface area contributed by atoms with Gasteiger partial charge in [0.25, 0.3) is 5.91 Å². The number of aryl methyl sites for hydroxylation is 1. The third-order valence-corrected chi connectivity index (χ3v) is 4.74. The summed E-state index contributed by atoms with van der Waals surface area (Å²) in [7, 11) is 0. The molecule has 0 aromatic heterocycles. The van der Waals surface area contributed by atoms with Crippen LogP contribution in [0.1, 0.15) is 21.5 Å². The van der Waals surface area contributed by atoms with Crippen LogP contribution in [0.15, 0.2) is 36.4 Å². The molecule has 1 saturated heterocycles. The number of hydrogen-bond acceptors (Lipinski definition) is 3. The van der Waals surface area contributed by atoms with Crippen LogP contribution in [-0.4, -0.2) is 31.4 Å². The van der Waals surface area contributed by atoms with Crippen molar-refractivity contribution in [3.8, 4) is 0 Å². The maximum Gasteiger partial charge on any atom is 0.255 e. The lowest BCUT2D eigenvalue weighted by atomic mass is 10.0. The van der Waals surface area contributed by atoms with Gasteiger partial charge in [-0.15, -0.1) is 0 Å². The van der Waals surface area contributed by atoms with Gasteiger partial charge < -0.3 is 15.5 Å². The third-order valence-electron chi connectivity index (χ3n) is 4.43. The Kier molecular flexibility index (Phi) is 4.95. The van der Waals surface area contributed by atoms with Crippen LogP contribution in [0.3, 0.4) is 0 Å². The molecule has 2 aromatic carbocycles.